The van der Waals surface area contributed by atoms with E-state index in [1.807, 2.05) is 0 Å². The first-order valence-electron chi connectivity index (χ1n) is 5.39. The smallest absolute Gasteiger partial charge is 0.343 e. The number of nitro groups is 1. The van der Waals surface area contributed by atoms with Crippen molar-refractivity contribution in [3.8, 4) is 5.75 Å². The molecule has 0 bridgehead atoms. The van der Waals surface area contributed by atoms with Crippen molar-refractivity contribution >= 4 is 39.2 Å². The van der Waals surface area contributed by atoms with Crippen LogP contribution in [0.5, 0.6) is 5.75 Å². The van der Waals surface area contributed by atoms with Gasteiger partial charge in [0.05, 0.1) is 15.0 Å². The topological polar surface area (TPSA) is 69.4 Å². The lowest BCUT2D eigenvalue weighted by molar-refractivity contribution is -0.384. The molecule has 0 unspecified atom stereocenters. The Balaban J connectivity index is 2.17. The van der Waals surface area contributed by atoms with Gasteiger partial charge in [0, 0.05) is 17.2 Å². The number of benzene rings is 2. The molecular formula is C13H7BrClNO4. The summed E-state index contributed by atoms with van der Waals surface area (Å²) < 4.78 is 5.71. The lowest BCUT2D eigenvalue weighted by atomic mass is 10.2. The third-order valence-electron chi connectivity index (χ3n) is 2.41. The maximum Gasteiger partial charge on any atom is 0.343 e. The summed E-state index contributed by atoms with van der Waals surface area (Å²) in [5.74, 6) is -0.291. The number of carbonyl (C=O) groups is 1. The van der Waals surface area contributed by atoms with E-state index in [1.54, 1.807) is 18.2 Å². The van der Waals surface area contributed by atoms with Crippen LogP contribution in [-0.2, 0) is 0 Å². The molecule has 0 spiro atoms. The maximum atomic E-state index is 11.9. The highest BCUT2D eigenvalue weighted by atomic mass is 79.9. The molecule has 0 fully saturated rings. The Hall–Kier alpha value is -1.92. The molecule has 0 N–H and O–H groups in total. The molecule has 20 heavy (non-hydrogen) atoms. The zero-order valence-corrected chi connectivity index (χ0v) is 12.2. The average Bonchev–Trinajstić information content (AvgIpc) is 2.42. The van der Waals surface area contributed by atoms with E-state index in [0.29, 0.717) is 15.2 Å². The fraction of sp³-hybridized carbons (Fsp3) is 0. The van der Waals surface area contributed by atoms with Gasteiger partial charge in [-0.05, 0) is 46.3 Å². The normalized spacial score (nSPS) is 10.1. The second-order valence-electron chi connectivity index (χ2n) is 3.77. The van der Waals surface area contributed by atoms with E-state index in [2.05, 4.69) is 15.9 Å². The summed E-state index contributed by atoms with van der Waals surface area (Å²) in [6.45, 7) is 0. The number of esters is 1. The number of nitrogens with zero attached hydrogens (tertiary/aromatic N) is 1. The fourth-order valence-electron chi connectivity index (χ4n) is 1.44. The predicted octanol–water partition coefficient (Wildman–Crippen LogP) is 4.23. The van der Waals surface area contributed by atoms with Crippen molar-refractivity contribution in [3.63, 3.8) is 0 Å². The van der Waals surface area contributed by atoms with Crippen molar-refractivity contribution in [3.05, 3.63) is 67.6 Å². The number of halogens is 2. The Bertz CT molecular complexity index is 673. The third kappa shape index (κ3) is 3.34. The number of rotatable bonds is 3. The maximum absolute atomic E-state index is 11.9. The van der Waals surface area contributed by atoms with Crippen LogP contribution in [0.3, 0.4) is 0 Å². The van der Waals surface area contributed by atoms with E-state index in [4.69, 9.17) is 16.3 Å². The monoisotopic (exact) mass is 355 g/mol. The van der Waals surface area contributed by atoms with Crippen molar-refractivity contribution < 1.29 is 14.5 Å². The largest absolute Gasteiger partial charge is 0.422 e. The van der Waals surface area contributed by atoms with Gasteiger partial charge in [-0.15, -0.1) is 0 Å². The van der Waals surface area contributed by atoms with E-state index < -0.39 is 10.9 Å². The van der Waals surface area contributed by atoms with Crippen LogP contribution in [0.25, 0.3) is 0 Å². The minimum atomic E-state index is -0.608. The van der Waals surface area contributed by atoms with Gasteiger partial charge >= 0.3 is 5.97 Å². The highest BCUT2D eigenvalue weighted by Crippen LogP contribution is 2.28. The predicted molar refractivity (Wildman–Crippen MR) is 77.2 cm³/mol. The molecule has 0 heterocycles. The Labute approximate surface area is 127 Å². The van der Waals surface area contributed by atoms with Crippen LogP contribution < -0.4 is 4.74 Å². The van der Waals surface area contributed by atoms with E-state index in [-0.39, 0.29) is 11.3 Å². The van der Waals surface area contributed by atoms with Gasteiger partial charge in [-0.2, -0.15) is 0 Å². The molecule has 5 nitrogen and oxygen atoms in total. The summed E-state index contributed by atoms with van der Waals surface area (Å²) in [6, 6.07) is 9.90. The summed E-state index contributed by atoms with van der Waals surface area (Å²) in [5.41, 5.74) is 0.131. The zero-order valence-electron chi connectivity index (χ0n) is 9.88. The van der Waals surface area contributed by atoms with Crippen molar-refractivity contribution in [2.75, 3.05) is 0 Å². The van der Waals surface area contributed by atoms with Gasteiger partial charge in [0.2, 0.25) is 0 Å². The lowest BCUT2D eigenvalue weighted by Crippen LogP contribution is -2.08. The SMILES string of the molecule is O=C(Oc1ccc(Cl)cc1Br)c1ccc([N+](=O)[O-])cc1. The van der Waals surface area contributed by atoms with Crippen LogP contribution in [0.1, 0.15) is 10.4 Å². The Morgan fingerprint density at radius 2 is 1.85 bits per heavy atom. The van der Waals surface area contributed by atoms with E-state index in [1.165, 1.54) is 24.3 Å². The zero-order chi connectivity index (χ0) is 14.7. The van der Waals surface area contributed by atoms with Crippen molar-refractivity contribution in [1.29, 1.82) is 0 Å². The van der Waals surface area contributed by atoms with Crippen LogP contribution in [0.4, 0.5) is 5.69 Å². The van der Waals surface area contributed by atoms with Crippen molar-refractivity contribution in [2.24, 2.45) is 0 Å². The van der Waals surface area contributed by atoms with Crippen molar-refractivity contribution in [1.82, 2.24) is 0 Å². The highest BCUT2D eigenvalue weighted by Gasteiger charge is 2.13. The van der Waals surface area contributed by atoms with Crippen LogP contribution in [0.15, 0.2) is 46.9 Å². The molecule has 0 radical (unpaired) electrons. The molecule has 2 rings (SSSR count). The summed E-state index contributed by atoms with van der Waals surface area (Å²) in [5, 5.41) is 11.0. The molecule has 0 saturated carbocycles. The molecule has 7 heteroatoms. The number of hydrogen-bond acceptors (Lipinski definition) is 4. The molecule has 0 amide bonds. The van der Waals surface area contributed by atoms with E-state index in [0.717, 1.165) is 0 Å². The molecule has 0 aliphatic heterocycles. The van der Waals surface area contributed by atoms with Gasteiger partial charge in [0.15, 0.2) is 0 Å². The number of nitro benzene ring substituents is 1. The minimum absolute atomic E-state index is 0.0887. The van der Waals surface area contributed by atoms with E-state index >= 15 is 0 Å². The molecular weight excluding hydrogens is 350 g/mol. The first kappa shape index (κ1) is 14.5. The first-order chi connectivity index (χ1) is 9.47. The summed E-state index contributed by atoms with van der Waals surface area (Å²) in [6.07, 6.45) is 0. The second-order valence-corrected chi connectivity index (χ2v) is 5.06. The summed E-state index contributed by atoms with van der Waals surface area (Å²) in [7, 11) is 0. The molecule has 0 aliphatic rings. The Morgan fingerprint density at radius 1 is 1.20 bits per heavy atom. The van der Waals surface area contributed by atoms with Gasteiger partial charge in [-0.25, -0.2) is 4.79 Å². The number of ether oxygens (including phenoxy) is 1. The van der Waals surface area contributed by atoms with Crippen LogP contribution in [-0.4, -0.2) is 10.9 Å². The van der Waals surface area contributed by atoms with Gasteiger partial charge in [0.1, 0.15) is 5.75 Å². The molecule has 0 aliphatic carbocycles. The fourth-order valence-corrected chi connectivity index (χ4v) is 2.20. The number of carbonyl (C=O) groups excluding carboxylic acids is 1. The Morgan fingerprint density at radius 3 is 2.40 bits per heavy atom. The third-order valence-corrected chi connectivity index (χ3v) is 3.27. The average molecular weight is 357 g/mol. The van der Waals surface area contributed by atoms with Gasteiger partial charge in [0.25, 0.3) is 5.69 Å². The van der Waals surface area contributed by atoms with Crippen molar-refractivity contribution in [2.45, 2.75) is 0 Å². The summed E-state index contributed by atoms with van der Waals surface area (Å²) >= 11 is 9.01. The molecule has 0 aromatic heterocycles. The van der Waals surface area contributed by atoms with Crippen LogP contribution in [0.2, 0.25) is 5.02 Å². The van der Waals surface area contributed by atoms with Crippen LogP contribution >= 0.6 is 27.5 Å². The second kappa shape index (κ2) is 6.02. The van der Waals surface area contributed by atoms with Gasteiger partial charge in [-0.1, -0.05) is 11.6 Å². The summed E-state index contributed by atoms with van der Waals surface area (Å²) in [4.78, 5) is 21.9. The standard InChI is InChI=1S/C13H7BrClNO4/c14-11-7-9(15)3-6-12(11)20-13(17)8-1-4-10(5-2-8)16(18)19/h1-7H. The number of hydrogen-bond donors (Lipinski definition) is 0. The highest BCUT2D eigenvalue weighted by molar-refractivity contribution is 9.10. The quantitative estimate of drug-likeness (QED) is 0.357. The molecule has 0 atom stereocenters. The van der Waals surface area contributed by atoms with Gasteiger partial charge < -0.3 is 4.74 Å². The van der Waals surface area contributed by atoms with E-state index in [9.17, 15) is 14.9 Å². The molecule has 102 valence electrons. The Kier molecular flexibility index (Phi) is 4.36. The first-order valence-corrected chi connectivity index (χ1v) is 6.56. The van der Waals surface area contributed by atoms with Crippen LogP contribution in [0, 0.1) is 10.1 Å². The number of non-ortho nitro benzene ring substituents is 1. The molecule has 0 saturated heterocycles. The molecule has 2 aromatic rings. The van der Waals surface area contributed by atoms with Gasteiger partial charge in [-0.3, -0.25) is 10.1 Å². The minimum Gasteiger partial charge on any atom is -0.422 e. The molecule has 2 aromatic carbocycles. The lowest BCUT2D eigenvalue weighted by Gasteiger charge is -2.06.